The van der Waals surface area contributed by atoms with Crippen molar-refractivity contribution < 1.29 is 13.2 Å². The maximum atomic E-state index is 13.6. The summed E-state index contributed by atoms with van der Waals surface area (Å²) >= 11 is 0. The van der Waals surface area contributed by atoms with Gasteiger partial charge in [-0.3, -0.25) is 0 Å². The second kappa shape index (κ2) is 5.57. The average Bonchev–Trinajstić information content (AvgIpc) is 2.35. The van der Waals surface area contributed by atoms with Gasteiger partial charge in [-0.25, -0.2) is 13.2 Å². The lowest BCUT2D eigenvalue weighted by Gasteiger charge is -2.19. The minimum atomic E-state index is -1.19. The van der Waals surface area contributed by atoms with E-state index in [0.717, 1.165) is 22.8 Å². The molecule has 0 heterocycles. The topological polar surface area (TPSA) is 12.0 Å². The number of rotatable bonds is 3. The summed E-state index contributed by atoms with van der Waals surface area (Å²) in [5, 5.41) is 2.87. The van der Waals surface area contributed by atoms with Crippen LogP contribution in [0, 0.1) is 31.3 Å². The maximum Gasteiger partial charge on any atom is 0.161 e. The summed E-state index contributed by atoms with van der Waals surface area (Å²) in [7, 11) is 0. The minimum Gasteiger partial charge on any atom is -0.376 e. The average molecular weight is 279 g/mol. The van der Waals surface area contributed by atoms with Gasteiger partial charge in [0.25, 0.3) is 0 Å². The SMILES string of the molecule is Cc1ccc(C(C)Nc2cc(F)c(F)cc2F)c(C)c1. The summed E-state index contributed by atoms with van der Waals surface area (Å²) < 4.78 is 39.7. The Labute approximate surface area is 116 Å². The van der Waals surface area contributed by atoms with Gasteiger partial charge >= 0.3 is 0 Å². The van der Waals surface area contributed by atoms with E-state index >= 15 is 0 Å². The fourth-order valence-electron chi connectivity index (χ4n) is 2.26. The highest BCUT2D eigenvalue weighted by Gasteiger charge is 2.14. The molecule has 20 heavy (non-hydrogen) atoms. The van der Waals surface area contributed by atoms with Crippen LogP contribution in [0.25, 0.3) is 0 Å². The highest BCUT2D eigenvalue weighted by atomic mass is 19.2. The van der Waals surface area contributed by atoms with E-state index in [9.17, 15) is 13.2 Å². The Morgan fingerprint density at radius 1 is 0.900 bits per heavy atom. The van der Waals surface area contributed by atoms with Crippen LogP contribution in [0.15, 0.2) is 30.3 Å². The van der Waals surface area contributed by atoms with Crippen molar-refractivity contribution in [2.24, 2.45) is 0 Å². The van der Waals surface area contributed by atoms with E-state index in [1.54, 1.807) is 0 Å². The summed E-state index contributed by atoms with van der Waals surface area (Å²) in [5.74, 6) is -3.06. The van der Waals surface area contributed by atoms with Gasteiger partial charge in [0, 0.05) is 18.2 Å². The van der Waals surface area contributed by atoms with Crippen molar-refractivity contribution >= 4 is 5.69 Å². The number of halogens is 3. The normalized spacial score (nSPS) is 12.3. The van der Waals surface area contributed by atoms with Crippen LogP contribution in [0.3, 0.4) is 0 Å². The first-order valence-electron chi connectivity index (χ1n) is 6.36. The molecule has 0 aliphatic carbocycles. The van der Waals surface area contributed by atoms with Crippen molar-refractivity contribution in [3.63, 3.8) is 0 Å². The van der Waals surface area contributed by atoms with Gasteiger partial charge in [0.15, 0.2) is 11.6 Å². The zero-order valence-electron chi connectivity index (χ0n) is 11.6. The van der Waals surface area contributed by atoms with Crippen LogP contribution in [0.1, 0.15) is 29.7 Å². The quantitative estimate of drug-likeness (QED) is 0.788. The van der Waals surface area contributed by atoms with Gasteiger partial charge in [0.1, 0.15) is 5.82 Å². The molecule has 0 amide bonds. The highest BCUT2D eigenvalue weighted by molar-refractivity contribution is 5.48. The molecule has 2 rings (SSSR count). The largest absolute Gasteiger partial charge is 0.376 e. The van der Waals surface area contributed by atoms with Gasteiger partial charge in [-0.05, 0) is 31.9 Å². The van der Waals surface area contributed by atoms with E-state index in [2.05, 4.69) is 5.32 Å². The van der Waals surface area contributed by atoms with Crippen LogP contribution in [0.5, 0.6) is 0 Å². The Hall–Kier alpha value is -1.97. The fourth-order valence-corrected chi connectivity index (χ4v) is 2.26. The molecule has 0 radical (unpaired) electrons. The predicted molar refractivity (Wildman–Crippen MR) is 74.3 cm³/mol. The van der Waals surface area contributed by atoms with Crippen LogP contribution >= 0.6 is 0 Å². The Morgan fingerprint density at radius 2 is 1.55 bits per heavy atom. The fraction of sp³-hybridized carbons (Fsp3) is 0.250. The first-order valence-corrected chi connectivity index (χ1v) is 6.36. The molecule has 0 saturated heterocycles. The van der Waals surface area contributed by atoms with Crippen LogP contribution < -0.4 is 5.32 Å². The first-order chi connectivity index (χ1) is 9.38. The zero-order chi connectivity index (χ0) is 14.9. The molecule has 0 spiro atoms. The molecule has 0 aliphatic heterocycles. The summed E-state index contributed by atoms with van der Waals surface area (Å²) in [6, 6.07) is 7.10. The van der Waals surface area contributed by atoms with Crippen LogP contribution in [-0.4, -0.2) is 0 Å². The van der Waals surface area contributed by atoms with Gasteiger partial charge in [-0.15, -0.1) is 0 Å². The van der Waals surface area contributed by atoms with Crippen molar-refractivity contribution in [1.82, 2.24) is 0 Å². The summed E-state index contributed by atoms with van der Waals surface area (Å²) in [4.78, 5) is 0. The third-order valence-electron chi connectivity index (χ3n) is 3.27. The monoisotopic (exact) mass is 279 g/mol. The van der Waals surface area contributed by atoms with E-state index < -0.39 is 17.5 Å². The van der Waals surface area contributed by atoms with E-state index in [-0.39, 0.29) is 11.7 Å². The molecular formula is C16H16F3N. The summed E-state index contributed by atoms with van der Waals surface area (Å²) in [6.45, 7) is 5.80. The second-order valence-electron chi connectivity index (χ2n) is 4.97. The molecule has 0 fully saturated rings. The van der Waals surface area contributed by atoms with Crippen LogP contribution in [0.2, 0.25) is 0 Å². The Kier molecular flexibility index (Phi) is 4.02. The predicted octanol–water partition coefficient (Wildman–Crippen LogP) is 4.89. The van der Waals surface area contributed by atoms with Crippen LogP contribution in [-0.2, 0) is 0 Å². The molecule has 2 aromatic rings. The third-order valence-corrected chi connectivity index (χ3v) is 3.27. The second-order valence-corrected chi connectivity index (χ2v) is 4.97. The number of hydrogen-bond donors (Lipinski definition) is 1. The molecule has 0 bridgehead atoms. The van der Waals surface area contributed by atoms with Crippen molar-refractivity contribution in [3.05, 3.63) is 64.5 Å². The maximum absolute atomic E-state index is 13.6. The highest BCUT2D eigenvalue weighted by Crippen LogP contribution is 2.26. The van der Waals surface area contributed by atoms with E-state index in [4.69, 9.17) is 0 Å². The van der Waals surface area contributed by atoms with Gasteiger partial charge in [-0.2, -0.15) is 0 Å². The Bertz CT molecular complexity index is 638. The molecule has 0 aliphatic rings. The molecule has 1 nitrogen and oxygen atoms in total. The van der Waals surface area contributed by atoms with E-state index in [1.807, 2.05) is 39.0 Å². The smallest absolute Gasteiger partial charge is 0.161 e. The Balaban J connectivity index is 2.27. The minimum absolute atomic E-state index is 0.0450. The van der Waals surface area contributed by atoms with Gasteiger partial charge < -0.3 is 5.32 Å². The summed E-state index contributed by atoms with van der Waals surface area (Å²) in [5.41, 5.74) is 3.14. The summed E-state index contributed by atoms with van der Waals surface area (Å²) in [6.07, 6.45) is 0. The standard InChI is InChI=1S/C16H16F3N/c1-9-4-5-12(10(2)6-9)11(3)20-16-8-14(18)13(17)7-15(16)19/h4-8,11,20H,1-3H3. The first kappa shape index (κ1) is 14.4. The Morgan fingerprint density at radius 3 is 2.20 bits per heavy atom. The van der Waals surface area contributed by atoms with Gasteiger partial charge in [0.2, 0.25) is 0 Å². The molecule has 1 N–H and O–H groups in total. The molecule has 106 valence electrons. The van der Waals surface area contributed by atoms with Crippen molar-refractivity contribution in [2.45, 2.75) is 26.8 Å². The number of hydrogen-bond acceptors (Lipinski definition) is 1. The lowest BCUT2D eigenvalue weighted by molar-refractivity contribution is 0.495. The molecule has 1 unspecified atom stereocenters. The number of aryl methyl sites for hydroxylation is 2. The molecule has 0 aromatic heterocycles. The third kappa shape index (κ3) is 2.95. The molecule has 0 saturated carbocycles. The lowest BCUT2D eigenvalue weighted by atomic mass is 10.00. The van der Waals surface area contributed by atoms with Crippen molar-refractivity contribution in [1.29, 1.82) is 0 Å². The zero-order valence-corrected chi connectivity index (χ0v) is 11.6. The lowest BCUT2D eigenvalue weighted by Crippen LogP contribution is -2.10. The molecule has 2 aromatic carbocycles. The molecule has 4 heteroatoms. The number of benzene rings is 2. The molecule has 1 atom stereocenters. The number of anilines is 1. The van der Waals surface area contributed by atoms with Crippen molar-refractivity contribution in [2.75, 3.05) is 5.32 Å². The van der Waals surface area contributed by atoms with E-state index in [1.165, 1.54) is 0 Å². The van der Waals surface area contributed by atoms with Crippen molar-refractivity contribution in [3.8, 4) is 0 Å². The van der Waals surface area contributed by atoms with Gasteiger partial charge in [0.05, 0.1) is 5.69 Å². The number of nitrogens with one attached hydrogen (secondary N) is 1. The molecular weight excluding hydrogens is 263 g/mol. The van der Waals surface area contributed by atoms with E-state index in [0.29, 0.717) is 6.07 Å². The van der Waals surface area contributed by atoms with Crippen LogP contribution in [0.4, 0.5) is 18.9 Å². The van der Waals surface area contributed by atoms with Gasteiger partial charge in [-0.1, -0.05) is 23.8 Å².